The third-order valence-electron chi connectivity index (χ3n) is 3.10. The van der Waals surface area contributed by atoms with Crippen LogP contribution in [0, 0.1) is 5.92 Å². The summed E-state index contributed by atoms with van der Waals surface area (Å²) in [7, 11) is 0. The normalized spacial score (nSPS) is 15.2. The first-order chi connectivity index (χ1) is 6.81. The van der Waals surface area contributed by atoms with Crippen molar-refractivity contribution < 1.29 is 0 Å². The Labute approximate surface area is 105 Å². The molecule has 1 saturated carbocycles. The molecule has 1 rings (SSSR count). The average molecular weight is 231 g/mol. The molecule has 0 bridgehead atoms. The highest BCUT2D eigenvalue weighted by atomic mass is 14.1. The zero-order chi connectivity index (χ0) is 10.6. The van der Waals surface area contributed by atoms with Crippen LogP contribution in [0.2, 0.25) is 0 Å². The minimum absolute atomic E-state index is 0. The van der Waals surface area contributed by atoms with Gasteiger partial charge in [-0.1, -0.05) is 92.4 Å². The molecule has 1 aliphatic carbocycles. The van der Waals surface area contributed by atoms with Gasteiger partial charge in [0.1, 0.15) is 0 Å². The summed E-state index contributed by atoms with van der Waals surface area (Å²) in [6.45, 7) is 6.85. The van der Waals surface area contributed by atoms with Crippen molar-refractivity contribution in [2.45, 2.75) is 92.4 Å². The molecule has 102 valence electrons. The molecule has 0 aromatic heterocycles. The van der Waals surface area contributed by atoms with E-state index in [0.717, 1.165) is 5.92 Å². The van der Waals surface area contributed by atoms with E-state index in [1.807, 2.05) is 0 Å². The van der Waals surface area contributed by atoms with Crippen molar-refractivity contribution in [3.63, 3.8) is 0 Å². The second-order valence-corrected chi connectivity index (χ2v) is 4.80. The van der Waals surface area contributed by atoms with E-state index < -0.39 is 0 Å². The molecule has 0 atom stereocenters. The molecule has 0 spiro atoms. The fraction of sp³-hybridized carbons (Fsp3) is 1.00. The van der Waals surface area contributed by atoms with Crippen LogP contribution in [0.15, 0.2) is 0 Å². The van der Waals surface area contributed by atoms with Crippen molar-refractivity contribution in [3.8, 4) is 0 Å². The molecular weight excluding hydrogens is 194 g/mol. The molecule has 1 aliphatic rings. The molecule has 1 fully saturated rings. The fourth-order valence-corrected chi connectivity index (χ4v) is 1.98. The molecule has 0 aromatic rings. The summed E-state index contributed by atoms with van der Waals surface area (Å²) in [5, 5.41) is 0. The zero-order valence-electron chi connectivity index (χ0n) is 11.4. The monoisotopic (exact) mass is 231 g/mol. The Bertz CT molecular complexity index is 91.6. The van der Waals surface area contributed by atoms with E-state index in [1.165, 1.54) is 64.2 Å². The average Bonchev–Trinajstić information content (AvgIpc) is 2.21. The van der Waals surface area contributed by atoms with Gasteiger partial charge in [-0.15, -0.1) is 0 Å². The van der Waals surface area contributed by atoms with Gasteiger partial charge in [0.2, 0.25) is 0 Å². The smallest absolute Gasteiger partial charge is 0.0443 e. The molecule has 1 nitrogen and oxygen atoms in total. The Balaban J connectivity index is -0.000000188. The summed E-state index contributed by atoms with van der Waals surface area (Å²) >= 11 is 0. The zero-order valence-corrected chi connectivity index (χ0v) is 11.4. The molecule has 0 saturated heterocycles. The quantitative estimate of drug-likeness (QED) is 0.561. The largest absolute Gasteiger partial charge is 0.344 e. The Kier molecular flexibility index (Phi) is 23.1. The lowest BCUT2D eigenvalue weighted by atomic mass is 9.91. The maximum Gasteiger partial charge on any atom is -0.0443 e. The van der Waals surface area contributed by atoms with Crippen molar-refractivity contribution >= 4 is 0 Å². The molecule has 0 aliphatic heterocycles. The van der Waals surface area contributed by atoms with E-state index in [4.69, 9.17) is 0 Å². The van der Waals surface area contributed by atoms with Crippen LogP contribution in [0.3, 0.4) is 0 Å². The van der Waals surface area contributed by atoms with Crippen LogP contribution in [0.5, 0.6) is 0 Å². The van der Waals surface area contributed by atoms with Gasteiger partial charge in [0, 0.05) is 0 Å². The van der Waals surface area contributed by atoms with Crippen molar-refractivity contribution in [1.29, 1.82) is 0 Å². The molecule has 3 N–H and O–H groups in total. The summed E-state index contributed by atoms with van der Waals surface area (Å²) in [6, 6.07) is 0. The highest BCUT2D eigenvalue weighted by molar-refractivity contribution is 4.59. The van der Waals surface area contributed by atoms with Crippen molar-refractivity contribution in [3.05, 3.63) is 0 Å². The standard InChI is InChI=1S/C7H14.C7H16.CH4.H3N/c1-7-5-3-2-4-6-7;1-3-5-7-6-4-2;;/h7H,2-6H2,1H3;3-7H2,1-2H3;1H4;1H3. The second kappa shape index (κ2) is 17.4. The van der Waals surface area contributed by atoms with Gasteiger partial charge in [-0.2, -0.15) is 0 Å². The van der Waals surface area contributed by atoms with Gasteiger partial charge < -0.3 is 6.15 Å². The van der Waals surface area contributed by atoms with E-state index >= 15 is 0 Å². The van der Waals surface area contributed by atoms with Gasteiger partial charge in [0.05, 0.1) is 0 Å². The van der Waals surface area contributed by atoms with Crippen molar-refractivity contribution in [2.75, 3.05) is 0 Å². The van der Waals surface area contributed by atoms with Crippen LogP contribution in [0.1, 0.15) is 92.4 Å². The van der Waals surface area contributed by atoms with Crippen LogP contribution >= 0.6 is 0 Å². The number of unbranched alkanes of at least 4 members (excludes halogenated alkanes) is 4. The summed E-state index contributed by atoms with van der Waals surface area (Å²) in [5.74, 6) is 1.04. The van der Waals surface area contributed by atoms with Gasteiger partial charge in [-0.05, 0) is 5.92 Å². The lowest BCUT2D eigenvalue weighted by Gasteiger charge is -2.15. The highest BCUT2D eigenvalue weighted by Crippen LogP contribution is 2.22. The minimum Gasteiger partial charge on any atom is -0.344 e. The summed E-state index contributed by atoms with van der Waals surface area (Å²) in [5.41, 5.74) is 0. The van der Waals surface area contributed by atoms with Crippen LogP contribution in [0.4, 0.5) is 0 Å². The number of rotatable bonds is 4. The maximum absolute atomic E-state index is 2.36. The molecule has 0 amide bonds. The Hall–Kier alpha value is -0.0400. The van der Waals surface area contributed by atoms with Crippen LogP contribution in [-0.4, -0.2) is 0 Å². The first-order valence-corrected chi connectivity index (χ1v) is 6.81. The van der Waals surface area contributed by atoms with E-state index in [9.17, 15) is 0 Å². The van der Waals surface area contributed by atoms with E-state index in [-0.39, 0.29) is 13.6 Å². The lowest BCUT2D eigenvalue weighted by molar-refractivity contribution is 0.385. The molecule has 0 aromatic carbocycles. The van der Waals surface area contributed by atoms with Crippen LogP contribution in [0.25, 0.3) is 0 Å². The van der Waals surface area contributed by atoms with Crippen molar-refractivity contribution in [1.82, 2.24) is 6.15 Å². The summed E-state index contributed by atoms with van der Waals surface area (Å²) in [6.07, 6.45) is 14.4. The van der Waals surface area contributed by atoms with Crippen LogP contribution in [-0.2, 0) is 0 Å². The molecule has 1 heteroatoms. The maximum atomic E-state index is 2.36. The molecule has 0 heterocycles. The molecule has 0 unspecified atom stereocenters. The van der Waals surface area contributed by atoms with Gasteiger partial charge in [-0.3, -0.25) is 0 Å². The third kappa shape index (κ3) is 16.4. The van der Waals surface area contributed by atoms with Gasteiger partial charge in [-0.25, -0.2) is 0 Å². The van der Waals surface area contributed by atoms with Crippen LogP contribution < -0.4 is 6.15 Å². The minimum atomic E-state index is 0. The Morgan fingerprint density at radius 2 is 1.25 bits per heavy atom. The fourth-order valence-electron chi connectivity index (χ4n) is 1.98. The topological polar surface area (TPSA) is 35.0 Å². The molecule has 0 radical (unpaired) electrons. The third-order valence-corrected chi connectivity index (χ3v) is 3.10. The first-order valence-electron chi connectivity index (χ1n) is 6.81. The van der Waals surface area contributed by atoms with E-state index in [0.29, 0.717) is 0 Å². The van der Waals surface area contributed by atoms with Gasteiger partial charge >= 0.3 is 0 Å². The molecular formula is C15H37N. The SMILES string of the molecule is C.CC1CCCCC1.CCCCCCC.N. The molecule has 16 heavy (non-hydrogen) atoms. The first kappa shape index (κ1) is 21.3. The predicted molar refractivity (Wildman–Crippen MR) is 78.4 cm³/mol. The highest BCUT2D eigenvalue weighted by Gasteiger charge is 2.05. The summed E-state index contributed by atoms with van der Waals surface area (Å²) < 4.78 is 0. The Morgan fingerprint density at radius 1 is 0.812 bits per heavy atom. The van der Waals surface area contributed by atoms with Crippen molar-refractivity contribution in [2.24, 2.45) is 5.92 Å². The van der Waals surface area contributed by atoms with E-state index in [1.54, 1.807) is 0 Å². The number of hydrogen-bond acceptors (Lipinski definition) is 1. The predicted octanol–water partition coefficient (Wildman–Crippen LogP) is 6.36. The van der Waals surface area contributed by atoms with Gasteiger partial charge in [0.15, 0.2) is 0 Å². The number of hydrogen-bond donors (Lipinski definition) is 1. The second-order valence-electron chi connectivity index (χ2n) is 4.80. The Morgan fingerprint density at radius 3 is 1.50 bits per heavy atom. The lowest BCUT2D eigenvalue weighted by Crippen LogP contribution is -1.99. The van der Waals surface area contributed by atoms with Gasteiger partial charge in [0.25, 0.3) is 0 Å². The van der Waals surface area contributed by atoms with E-state index in [2.05, 4.69) is 20.8 Å². The summed E-state index contributed by atoms with van der Waals surface area (Å²) in [4.78, 5) is 0.